The first-order valence-corrected chi connectivity index (χ1v) is 7.62. The number of amides is 1. The third kappa shape index (κ3) is 3.12. The molecule has 26 heavy (non-hydrogen) atoms. The van der Waals surface area contributed by atoms with Gasteiger partial charge in [0.1, 0.15) is 34.5 Å². The van der Waals surface area contributed by atoms with Crippen LogP contribution in [0, 0.1) is 0 Å². The van der Waals surface area contributed by atoms with Crippen molar-refractivity contribution in [1.82, 2.24) is 9.78 Å². The third-order valence-electron chi connectivity index (χ3n) is 3.79. The number of aromatic nitrogens is 2. The van der Waals surface area contributed by atoms with Gasteiger partial charge in [-0.1, -0.05) is 0 Å². The van der Waals surface area contributed by atoms with E-state index in [4.69, 9.17) is 9.47 Å². The molecule has 0 atom stereocenters. The van der Waals surface area contributed by atoms with Gasteiger partial charge in [-0.2, -0.15) is 5.10 Å². The molecule has 0 saturated carbocycles. The van der Waals surface area contributed by atoms with Crippen LogP contribution in [-0.2, 0) is 4.79 Å². The maximum Gasteiger partial charge on any atom is 0.212 e. The highest BCUT2D eigenvalue weighted by atomic mass is 16.5. The molecule has 1 aromatic heterocycles. The number of nitrogens with zero attached hydrogens (tertiary/aromatic N) is 2. The zero-order valence-corrected chi connectivity index (χ0v) is 14.1. The fraction of sp³-hybridized carbons (Fsp3) is 0.111. The number of phenolic OH excluding ortho intramolecular Hbond substituents is 2. The van der Waals surface area contributed by atoms with Crippen molar-refractivity contribution < 1.29 is 24.5 Å². The molecule has 134 valence electrons. The van der Waals surface area contributed by atoms with Crippen LogP contribution < -0.4 is 14.8 Å². The molecule has 0 aliphatic rings. The SMILES string of the molecule is COc1ccc(-n2nc(-c3ccc(O)cc3O)cc2NC=O)c(OC)c1. The van der Waals surface area contributed by atoms with E-state index >= 15 is 0 Å². The number of aromatic hydroxyl groups is 2. The minimum absolute atomic E-state index is 0.0613. The number of phenols is 2. The Balaban J connectivity index is 2.16. The van der Waals surface area contributed by atoms with Crippen molar-refractivity contribution in [2.75, 3.05) is 19.5 Å². The lowest BCUT2D eigenvalue weighted by atomic mass is 10.1. The van der Waals surface area contributed by atoms with Gasteiger partial charge in [0.15, 0.2) is 0 Å². The molecule has 0 aliphatic carbocycles. The van der Waals surface area contributed by atoms with Gasteiger partial charge in [-0.25, -0.2) is 4.68 Å². The molecule has 2 aromatic carbocycles. The quantitative estimate of drug-likeness (QED) is 0.587. The highest BCUT2D eigenvalue weighted by Crippen LogP contribution is 2.35. The standard InChI is InChI=1S/C18H17N3O5/c1-25-12-4-6-15(17(8-12)26-2)21-18(19-10-22)9-14(20-21)13-5-3-11(23)7-16(13)24/h3-10,23-24H,1-2H3,(H,19,22). The van der Waals surface area contributed by atoms with Crippen LogP contribution in [0.3, 0.4) is 0 Å². The largest absolute Gasteiger partial charge is 0.508 e. The van der Waals surface area contributed by atoms with Gasteiger partial charge in [-0.05, 0) is 24.3 Å². The van der Waals surface area contributed by atoms with Crippen molar-refractivity contribution in [3.8, 4) is 39.9 Å². The van der Waals surface area contributed by atoms with Crippen molar-refractivity contribution in [2.24, 2.45) is 0 Å². The van der Waals surface area contributed by atoms with Gasteiger partial charge in [0.05, 0.1) is 19.9 Å². The molecule has 0 spiro atoms. The van der Waals surface area contributed by atoms with Gasteiger partial charge in [0.2, 0.25) is 6.41 Å². The van der Waals surface area contributed by atoms with Crippen LogP contribution in [0.25, 0.3) is 16.9 Å². The molecule has 0 fully saturated rings. The van der Waals surface area contributed by atoms with E-state index in [-0.39, 0.29) is 11.5 Å². The average Bonchev–Trinajstić information content (AvgIpc) is 3.04. The van der Waals surface area contributed by atoms with Crippen LogP contribution in [0.2, 0.25) is 0 Å². The number of hydrogen-bond donors (Lipinski definition) is 3. The molecule has 1 heterocycles. The number of methoxy groups -OCH3 is 2. The molecular formula is C18H17N3O5. The number of carbonyl (C=O) groups is 1. The summed E-state index contributed by atoms with van der Waals surface area (Å²) in [4.78, 5) is 11.0. The topological polar surface area (TPSA) is 106 Å². The Hall–Kier alpha value is -3.68. The van der Waals surface area contributed by atoms with Crippen molar-refractivity contribution in [1.29, 1.82) is 0 Å². The van der Waals surface area contributed by atoms with E-state index in [1.165, 1.54) is 30.0 Å². The first-order valence-electron chi connectivity index (χ1n) is 7.62. The second-order valence-corrected chi connectivity index (χ2v) is 5.33. The minimum atomic E-state index is -0.131. The number of rotatable bonds is 6. The van der Waals surface area contributed by atoms with E-state index < -0.39 is 0 Å². The monoisotopic (exact) mass is 355 g/mol. The lowest BCUT2D eigenvalue weighted by Crippen LogP contribution is -2.06. The Morgan fingerprint density at radius 3 is 2.54 bits per heavy atom. The Morgan fingerprint density at radius 1 is 1.08 bits per heavy atom. The maximum atomic E-state index is 11.0. The molecule has 8 nitrogen and oxygen atoms in total. The average molecular weight is 355 g/mol. The lowest BCUT2D eigenvalue weighted by Gasteiger charge is -2.12. The molecule has 3 rings (SSSR count). The Kier molecular flexibility index (Phi) is 4.66. The van der Waals surface area contributed by atoms with E-state index in [2.05, 4.69) is 10.4 Å². The lowest BCUT2D eigenvalue weighted by molar-refractivity contribution is -0.105. The van der Waals surface area contributed by atoms with Crippen LogP contribution in [0.1, 0.15) is 0 Å². The first kappa shape index (κ1) is 17.2. The Morgan fingerprint density at radius 2 is 1.88 bits per heavy atom. The second kappa shape index (κ2) is 7.06. The first-order chi connectivity index (χ1) is 12.6. The highest BCUT2D eigenvalue weighted by molar-refractivity contribution is 5.76. The van der Waals surface area contributed by atoms with E-state index in [1.807, 2.05) is 0 Å². The fourth-order valence-corrected chi connectivity index (χ4v) is 2.56. The van der Waals surface area contributed by atoms with E-state index in [9.17, 15) is 15.0 Å². The highest BCUT2D eigenvalue weighted by Gasteiger charge is 2.17. The molecule has 0 saturated heterocycles. The van der Waals surface area contributed by atoms with Crippen LogP contribution in [0.15, 0.2) is 42.5 Å². The molecule has 0 radical (unpaired) electrons. The normalized spacial score (nSPS) is 10.4. The molecule has 8 heteroatoms. The molecule has 0 bridgehead atoms. The third-order valence-corrected chi connectivity index (χ3v) is 3.79. The summed E-state index contributed by atoms with van der Waals surface area (Å²) in [6.45, 7) is 0. The molecule has 1 amide bonds. The number of ether oxygens (including phenoxy) is 2. The van der Waals surface area contributed by atoms with Crippen molar-refractivity contribution in [3.05, 3.63) is 42.5 Å². The summed E-state index contributed by atoms with van der Waals surface area (Å²) in [5, 5.41) is 26.6. The van der Waals surface area contributed by atoms with E-state index in [0.29, 0.717) is 40.7 Å². The summed E-state index contributed by atoms with van der Waals surface area (Å²) in [6, 6.07) is 11.0. The van der Waals surface area contributed by atoms with E-state index in [0.717, 1.165) is 0 Å². The van der Waals surface area contributed by atoms with Crippen molar-refractivity contribution >= 4 is 12.2 Å². The zero-order valence-electron chi connectivity index (χ0n) is 14.1. The molecule has 3 aromatic rings. The van der Waals surface area contributed by atoms with Gasteiger partial charge >= 0.3 is 0 Å². The Bertz CT molecular complexity index is 952. The molecule has 0 aliphatic heterocycles. The second-order valence-electron chi connectivity index (χ2n) is 5.33. The van der Waals surface area contributed by atoms with Crippen LogP contribution in [-0.4, -0.2) is 40.6 Å². The van der Waals surface area contributed by atoms with E-state index in [1.54, 1.807) is 31.4 Å². The van der Waals surface area contributed by atoms with Gasteiger partial charge in [-0.3, -0.25) is 4.79 Å². The van der Waals surface area contributed by atoms with Gasteiger partial charge in [0, 0.05) is 23.8 Å². The molecular weight excluding hydrogens is 338 g/mol. The molecule has 0 unspecified atom stereocenters. The van der Waals surface area contributed by atoms with Crippen LogP contribution in [0.4, 0.5) is 5.82 Å². The van der Waals surface area contributed by atoms with Gasteiger partial charge in [0.25, 0.3) is 0 Å². The summed E-state index contributed by atoms with van der Waals surface area (Å²) in [5.74, 6) is 1.29. The number of hydrogen-bond acceptors (Lipinski definition) is 6. The summed E-state index contributed by atoms with van der Waals surface area (Å²) >= 11 is 0. The Labute approximate surface area is 149 Å². The predicted octanol–water partition coefficient (Wildman–Crippen LogP) is 2.54. The summed E-state index contributed by atoms with van der Waals surface area (Å²) in [5.41, 5.74) is 1.38. The maximum absolute atomic E-state index is 11.0. The fourth-order valence-electron chi connectivity index (χ4n) is 2.56. The van der Waals surface area contributed by atoms with Crippen molar-refractivity contribution in [3.63, 3.8) is 0 Å². The summed E-state index contributed by atoms with van der Waals surface area (Å²) in [7, 11) is 3.06. The number of benzene rings is 2. The number of nitrogens with one attached hydrogen (secondary N) is 1. The van der Waals surface area contributed by atoms with Crippen LogP contribution in [0.5, 0.6) is 23.0 Å². The number of carbonyl (C=O) groups excluding carboxylic acids is 1. The van der Waals surface area contributed by atoms with Crippen LogP contribution >= 0.6 is 0 Å². The van der Waals surface area contributed by atoms with Gasteiger partial charge < -0.3 is 25.0 Å². The predicted molar refractivity (Wildman–Crippen MR) is 95.1 cm³/mol. The zero-order chi connectivity index (χ0) is 18.7. The summed E-state index contributed by atoms with van der Waals surface area (Å²) < 4.78 is 12.1. The summed E-state index contributed by atoms with van der Waals surface area (Å²) in [6.07, 6.45) is 0.532. The number of anilines is 1. The molecule has 3 N–H and O–H groups in total. The van der Waals surface area contributed by atoms with Gasteiger partial charge in [-0.15, -0.1) is 0 Å². The smallest absolute Gasteiger partial charge is 0.212 e. The minimum Gasteiger partial charge on any atom is -0.508 e. The van der Waals surface area contributed by atoms with Crippen molar-refractivity contribution in [2.45, 2.75) is 0 Å².